The van der Waals surface area contributed by atoms with Crippen LogP contribution < -0.4 is 0 Å². The maximum Gasteiger partial charge on any atom is 0.274 e. The van der Waals surface area contributed by atoms with E-state index < -0.39 is 5.72 Å². The molecule has 0 radical (unpaired) electrons. The highest BCUT2D eigenvalue weighted by Gasteiger charge is 2.45. The Morgan fingerprint density at radius 1 is 0.828 bits per heavy atom. The zero-order valence-corrected chi connectivity index (χ0v) is 19.6. The minimum Gasteiger partial charge on any atom is -0.350 e. The first-order chi connectivity index (χ1) is 14.2. The highest BCUT2D eigenvalue weighted by Crippen LogP contribution is 2.29. The van der Waals surface area contributed by atoms with Crippen LogP contribution >= 0.6 is 0 Å². The highest BCUT2D eigenvalue weighted by atomic mass is 16.3. The van der Waals surface area contributed by atoms with Crippen molar-refractivity contribution in [2.45, 2.75) is 128 Å². The summed E-state index contributed by atoms with van der Waals surface area (Å²) in [5, 5.41) is 11.0. The van der Waals surface area contributed by atoms with Crippen LogP contribution in [0.2, 0.25) is 0 Å². The predicted molar refractivity (Wildman–Crippen MR) is 126 cm³/mol. The Kier molecular flexibility index (Phi) is 12.0. The van der Waals surface area contributed by atoms with Gasteiger partial charge in [0.15, 0.2) is 0 Å². The summed E-state index contributed by atoms with van der Waals surface area (Å²) < 4.78 is 2.27. The van der Waals surface area contributed by atoms with Gasteiger partial charge in [-0.3, -0.25) is 4.58 Å². The number of amidine groups is 1. The zero-order valence-electron chi connectivity index (χ0n) is 19.6. The van der Waals surface area contributed by atoms with Crippen LogP contribution in [0.3, 0.4) is 0 Å². The summed E-state index contributed by atoms with van der Waals surface area (Å²) >= 11 is 0. The van der Waals surface area contributed by atoms with E-state index in [9.17, 15) is 5.11 Å². The van der Waals surface area contributed by atoms with Crippen LogP contribution in [0.25, 0.3) is 0 Å². The van der Waals surface area contributed by atoms with Gasteiger partial charge >= 0.3 is 0 Å². The molecular weight excluding hydrogens is 356 g/mol. The summed E-state index contributed by atoms with van der Waals surface area (Å²) in [4.78, 5) is 2.21. The minimum atomic E-state index is -0.722. The van der Waals surface area contributed by atoms with Crippen molar-refractivity contribution >= 4 is 5.84 Å². The molecule has 1 atom stereocenters. The Morgan fingerprint density at radius 3 is 1.83 bits per heavy atom. The molecule has 0 aliphatic carbocycles. The van der Waals surface area contributed by atoms with Crippen LogP contribution in [0.15, 0.2) is 12.2 Å². The summed E-state index contributed by atoms with van der Waals surface area (Å²) in [6.07, 6.45) is 28.4. The van der Waals surface area contributed by atoms with E-state index >= 15 is 0 Å². The molecule has 0 fully saturated rings. The normalized spacial score (nSPS) is 21.3. The zero-order chi connectivity index (χ0) is 20.8. The van der Waals surface area contributed by atoms with Crippen LogP contribution in [0.5, 0.6) is 0 Å². The minimum absolute atomic E-state index is 0.722. The maximum atomic E-state index is 11.0. The van der Waals surface area contributed by atoms with Gasteiger partial charge in [0.25, 0.3) is 5.84 Å². The van der Waals surface area contributed by atoms with Gasteiger partial charge in [0.05, 0.1) is 20.1 Å². The molecule has 0 saturated heterocycles. The summed E-state index contributed by atoms with van der Waals surface area (Å²) in [6, 6.07) is 0. The van der Waals surface area contributed by atoms with E-state index in [1.54, 1.807) is 0 Å². The lowest BCUT2D eigenvalue weighted by Crippen LogP contribution is -2.51. The number of hydrogen-bond donors (Lipinski definition) is 1. The van der Waals surface area contributed by atoms with Gasteiger partial charge in [-0.1, -0.05) is 103 Å². The molecule has 0 aromatic carbocycles. The van der Waals surface area contributed by atoms with E-state index in [1.807, 2.05) is 6.08 Å². The van der Waals surface area contributed by atoms with Crippen LogP contribution in [0, 0.1) is 0 Å². The molecule has 3 heteroatoms. The lowest BCUT2D eigenvalue weighted by atomic mass is 10.0. The molecule has 0 saturated carbocycles. The molecule has 29 heavy (non-hydrogen) atoms. The number of unbranched alkanes of at least 4 members (excludes halogenated alkanes) is 15. The molecule has 0 bridgehead atoms. The van der Waals surface area contributed by atoms with Gasteiger partial charge in [-0.15, -0.1) is 0 Å². The Balaban J connectivity index is 1.37. The molecule has 2 aliphatic heterocycles. The van der Waals surface area contributed by atoms with E-state index in [0.29, 0.717) is 0 Å². The molecule has 0 spiro atoms. The van der Waals surface area contributed by atoms with Crippen molar-refractivity contribution in [2.75, 3.05) is 20.1 Å². The highest BCUT2D eigenvalue weighted by molar-refractivity contribution is 5.92. The van der Waals surface area contributed by atoms with Gasteiger partial charge in [-0.05, 0) is 12.5 Å². The van der Waals surface area contributed by atoms with E-state index in [-0.39, 0.29) is 0 Å². The molecule has 0 aromatic rings. The molecule has 0 amide bonds. The fourth-order valence-corrected chi connectivity index (χ4v) is 4.96. The smallest absolute Gasteiger partial charge is 0.274 e. The van der Waals surface area contributed by atoms with Crippen molar-refractivity contribution in [1.82, 2.24) is 4.90 Å². The molecule has 3 nitrogen and oxygen atoms in total. The molecule has 1 unspecified atom stereocenters. The fourth-order valence-electron chi connectivity index (χ4n) is 4.96. The molecule has 2 rings (SSSR count). The molecule has 2 heterocycles. The molecule has 168 valence electrons. The van der Waals surface area contributed by atoms with Crippen LogP contribution in [-0.2, 0) is 0 Å². The van der Waals surface area contributed by atoms with Crippen LogP contribution in [0.1, 0.15) is 122 Å². The third-order valence-corrected chi connectivity index (χ3v) is 6.91. The summed E-state index contributed by atoms with van der Waals surface area (Å²) in [6.45, 7) is 4.38. The third-order valence-electron chi connectivity index (χ3n) is 6.91. The summed E-state index contributed by atoms with van der Waals surface area (Å²) in [5.41, 5.74) is -0.722. The first kappa shape index (κ1) is 24.4. The first-order valence-electron chi connectivity index (χ1n) is 12.9. The second-order valence-electron chi connectivity index (χ2n) is 9.55. The average Bonchev–Trinajstić information content (AvgIpc) is 3.06. The summed E-state index contributed by atoms with van der Waals surface area (Å²) in [7, 11) is 2.13. The topological polar surface area (TPSA) is 26.5 Å². The van der Waals surface area contributed by atoms with E-state index in [2.05, 4.69) is 29.5 Å². The van der Waals surface area contributed by atoms with E-state index in [4.69, 9.17) is 0 Å². The van der Waals surface area contributed by atoms with E-state index in [0.717, 1.165) is 32.4 Å². The molecule has 1 N–H and O–H groups in total. The van der Waals surface area contributed by atoms with Gasteiger partial charge in [0.1, 0.15) is 0 Å². The fraction of sp³-hybridized carbons (Fsp3) is 0.885. The second kappa shape index (κ2) is 14.2. The molecular formula is C26H49N2O+. The lowest BCUT2D eigenvalue weighted by Gasteiger charge is -2.31. The number of hydrogen-bond acceptors (Lipinski definition) is 2. The van der Waals surface area contributed by atoms with Gasteiger partial charge in [0.2, 0.25) is 5.72 Å². The van der Waals surface area contributed by atoms with Crippen molar-refractivity contribution in [1.29, 1.82) is 0 Å². The Morgan fingerprint density at radius 2 is 1.31 bits per heavy atom. The molecule has 2 aliphatic rings. The van der Waals surface area contributed by atoms with Gasteiger partial charge < -0.3 is 5.11 Å². The standard InChI is InChI=1S/C26H49N2O/c1-3-4-5-6-7-8-9-10-11-12-13-14-15-16-17-18-21-26(29)22-20-25-27(2)23-19-24-28(25)26/h20,22,29H,3-19,21,23-24H2,1-2H3/q+1. The van der Waals surface area contributed by atoms with Gasteiger partial charge in [-0.25, -0.2) is 4.90 Å². The SMILES string of the molecule is CCCCCCCCCCCCCCCCCCC1(O)C=CC2=[N+](C)CCCN21. The Bertz CT molecular complexity index is 499. The van der Waals surface area contributed by atoms with E-state index in [1.165, 1.54) is 102 Å². The average molecular weight is 406 g/mol. The predicted octanol–water partition coefficient (Wildman–Crippen LogP) is 6.64. The van der Waals surface area contributed by atoms with Gasteiger partial charge in [-0.2, -0.15) is 0 Å². The number of fused-ring (bicyclic) bond motifs is 1. The van der Waals surface area contributed by atoms with Gasteiger partial charge in [0, 0.05) is 18.9 Å². The largest absolute Gasteiger partial charge is 0.350 e. The maximum absolute atomic E-state index is 11.0. The Labute approximate surface area is 181 Å². The van der Waals surface area contributed by atoms with Crippen molar-refractivity contribution in [3.63, 3.8) is 0 Å². The lowest BCUT2D eigenvalue weighted by molar-refractivity contribution is -0.509. The number of aliphatic hydroxyl groups is 1. The first-order valence-corrected chi connectivity index (χ1v) is 12.9. The Hall–Kier alpha value is -0.830. The number of nitrogens with zero attached hydrogens (tertiary/aromatic N) is 2. The molecule has 0 aromatic heterocycles. The quantitative estimate of drug-likeness (QED) is 0.217. The number of rotatable bonds is 17. The second-order valence-corrected chi connectivity index (χ2v) is 9.55. The third kappa shape index (κ3) is 8.82. The van der Waals surface area contributed by atoms with Crippen molar-refractivity contribution in [2.24, 2.45) is 0 Å². The summed E-state index contributed by atoms with van der Waals surface area (Å²) in [5.74, 6) is 1.20. The van der Waals surface area contributed by atoms with Crippen molar-refractivity contribution in [3.8, 4) is 0 Å². The van der Waals surface area contributed by atoms with Crippen LogP contribution in [-0.4, -0.2) is 46.3 Å². The van der Waals surface area contributed by atoms with Crippen molar-refractivity contribution in [3.05, 3.63) is 12.2 Å². The van der Waals surface area contributed by atoms with Crippen LogP contribution in [0.4, 0.5) is 0 Å². The van der Waals surface area contributed by atoms with Crippen molar-refractivity contribution < 1.29 is 9.68 Å². The monoisotopic (exact) mass is 405 g/mol.